The number of hydrogen-bond donors (Lipinski definition) is 2. The molecule has 0 saturated carbocycles. The summed E-state index contributed by atoms with van der Waals surface area (Å²) in [5.74, 6) is 0.165. The fourth-order valence-electron chi connectivity index (χ4n) is 1.41. The van der Waals surface area contributed by atoms with Gasteiger partial charge in [0.2, 0.25) is 11.8 Å². The van der Waals surface area contributed by atoms with Gasteiger partial charge in [-0.2, -0.15) is 4.98 Å². The molecule has 0 saturated heterocycles. The van der Waals surface area contributed by atoms with Crippen LogP contribution in [0.1, 0.15) is 26.7 Å². The minimum atomic E-state index is -0.538. The molecule has 1 heterocycles. The Kier molecular flexibility index (Phi) is 5.94. The third-order valence-electron chi connectivity index (χ3n) is 2.30. The maximum Gasteiger partial charge on any atom is 0.329 e. The van der Waals surface area contributed by atoms with Crippen LogP contribution >= 0.6 is 0 Å². The molecule has 0 aliphatic carbocycles. The van der Waals surface area contributed by atoms with Crippen molar-refractivity contribution >= 4 is 17.5 Å². The first-order valence-corrected chi connectivity index (χ1v) is 6.13. The van der Waals surface area contributed by atoms with Crippen molar-refractivity contribution in [1.82, 2.24) is 9.97 Å². The molecule has 0 radical (unpaired) electrons. The third-order valence-corrected chi connectivity index (χ3v) is 2.30. The molecule has 0 fully saturated rings. The van der Waals surface area contributed by atoms with E-state index in [-0.39, 0.29) is 23.6 Å². The number of unbranched alkanes of at least 4 members (excludes halogenated alkanes) is 1. The molecule has 0 atom stereocenters. The Hall–Kier alpha value is -1.96. The van der Waals surface area contributed by atoms with E-state index in [1.165, 1.54) is 0 Å². The van der Waals surface area contributed by atoms with Crippen LogP contribution in [0.5, 0.6) is 0 Å². The number of hydrogen-bond acceptors (Lipinski definition) is 7. The van der Waals surface area contributed by atoms with Crippen molar-refractivity contribution in [3.8, 4) is 0 Å². The second-order valence-electron chi connectivity index (χ2n) is 4.27. The van der Waals surface area contributed by atoms with Gasteiger partial charge < -0.3 is 15.8 Å². The zero-order valence-electron chi connectivity index (χ0n) is 11.1. The van der Waals surface area contributed by atoms with Crippen LogP contribution in [-0.4, -0.2) is 34.1 Å². The van der Waals surface area contributed by atoms with E-state index in [2.05, 4.69) is 15.3 Å². The minimum absolute atomic E-state index is 0.0104. The Morgan fingerprint density at radius 2 is 2.26 bits per heavy atom. The van der Waals surface area contributed by atoms with Gasteiger partial charge in [0, 0.05) is 13.2 Å². The average molecular weight is 269 g/mol. The summed E-state index contributed by atoms with van der Waals surface area (Å²) in [6.45, 7) is 5.20. The summed E-state index contributed by atoms with van der Waals surface area (Å²) in [6.07, 6.45) is 3.02. The SMILES string of the molecule is CC(C)OCCCCNc1nc(N)ncc1[N+](=O)[O-]. The minimum Gasteiger partial charge on any atom is -0.379 e. The van der Waals surface area contributed by atoms with Gasteiger partial charge in [-0.1, -0.05) is 0 Å². The molecule has 0 spiro atoms. The Morgan fingerprint density at radius 1 is 1.53 bits per heavy atom. The van der Waals surface area contributed by atoms with Crippen LogP contribution in [0.2, 0.25) is 0 Å². The number of aromatic nitrogens is 2. The number of anilines is 2. The third kappa shape index (κ3) is 5.47. The van der Waals surface area contributed by atoms with Crippen LogP contribution < -0.4 is 11.1 Å². The first kappa shape index (κ1) is 15.1. The van der Waals surface area contributed by atoms with E-state index in [1.54, 1.807) is 0 Å². The zero-order valence-corrected chi connectivity index (χ0v) is 11.1. The summed E-state index contributed by atoms with van der Waals surface area (Å²) < 4.78 is 5.39. The van der Waals surface area contributed by atoms with E-state index in [9.17, 15) is 10.1 Å². The van der Waals surface area contributed by atoms with Gasteiger partial charge in [0.1, 0.15) is 6.20 Å². The first-order valence-electron chi connectivity index (χ1n) is 6.13. The molecule has 0 aromatic carbocycles. The van der Waals surface area contributed by atoms with Gasteiger partial charge in [-0.15, -0.1) is 0 Å². The van der Waals surface area contributed by atoms with E-state index >= 15 is 0 Å². The van der Waals surface area contributed by atoms with E-state index in [1.807, 2.05) is 13.8 Å². The zero-order chi connectivity index (χ0) is 14.3. The Bertz CT molecular complexity index is 425. The Labute approximate surface area is 111 Å². The molecule has 8 nitrogen and oxygen atoms in total. The summed E-state index contributed by atoms with van der Waals surface area (Å²) in [4.78, 5) is 17.7. The summed E-state index contributed by atoms with van der Waals surface area (Å²) in [6, 6.07) is 0. The van der Waals surface area contributed by atoms with Crippen molar-refractivity contribution in [3.05, 3.63) is 16.3 Å². The molecule has 106 valence electrons. The number of nitrogen functional groups attached to an aromatic ring is 1. The average Bonchev–Trinajstić information content (AvgIpc) is 2.33. The van der Waals surface area contributed by atoms with Crippen molar-refractivity contribution < 1.29 is 9.66 Å². The number of ether oxygens (including phenoxy) is 1. The van der Waals surface area contributed by atoms with Gasteiger partial charge >= 0.3 is 5.69 Å². The molecule has 0 unspecified atom stereocenters. The summed E-state index contributed by atoms with van der Waals surface area (Å²) >= 11 is 0. The fourth-order valence-corrected chi connectivity index (χ4v) is 1.41. The highest BCUT2D eigenvalue weighted by Crippen LogP contribution is 2.20. The number of rotatable bonds is 8. The number of nitrogens with one attached hydrogen (secondary N) is 1. The molecule has 3 N–H and O–H groups in total. The molecule has 19 heavy (non-hydrogen) atoms. The lowest BCUT2D eigenvalue weighted by Crippen LogP contribution is -2.10. The molecule has 1 aromatic rings. The maximum absolute atomic E-state index is 10.8. The standard InChI is InChI=1S/C11H19N5O3/c1-8(2)19-6-4-3-5-13-10-9(16(17)18)7-14-11(12)15-10/h7-8H,3-6H2,1-2H3,(H3,12,13,14,15). The van der Waals surface area contributed by atoms with Crippen molar-refractivity contribution in [2.45, 2.75) is 32.8 Å². The lowest BCUT2D eigenvalue weighted by Gasteiger charge is -2.08. The van der Waals surface area contributed by atoms with Crippen molar-refractivity contribution in [3.63, 3.8) is 0 Å². The highest BCUT2D eigenvalue weighted by Gasteiger charge is 2.15. The van der Waals surface area contributed by atoms with E-state index in [0.29, 0.717) is 13.2 Å². The molecule has 0 amide bonds. The van der Waals surface area contributed by atoms with Crippen LogP contribution in [0.4, 0.5) is 17.5 Å². The molecule has 0 bridgehead atoms. The van der Waals surface area contributed by atoms with Gasteiger partial charge in [-0.05, 0) is 26.7 Å². The van der Waals surface area contributed by atoms with Crippen LogP contribution in [0, 0.1) is 10.1 Å². The summed E-state index contributed by atoms with van der Waals surface area (Å²) in [7, 11) is 0. The largest absolute Gasteiger partial charge is 0.379 e. The number of nitro groups is 1. The highest BCUT2D eigenvalue weighted by atomic mass is 16.6. The van der Waals surface area contributed by atoms with E-state index in [0.717, 1.165) is 19.0 Å². The van der Waals surface area contributed by atoms with Crippen LogP contribution in [0.25, 0.3) is 0 Å². The van der Waals surface area contributed by atoms with Crippen molar-refractivity contribution in [1.29, 1.82) is 0 Å². The second-order valence-corrected chi connectivity index (χ2v) is 4.27. The van der Waals surface area contributed by atoms with Crippen molar-refractivity contribution in [2.75, 3.05) is 24.2 Å². The highest BCUT2D eigenvalue weighted by molar-refractivity contribution is 5.56. The molecular formula is C11H19N5O3. The van der Waals surface area contributed by atoms with E-state index < -0.39 is 4.92 Å². The van der Waals surface area contributed by atoms with Gasteiger partial charge in [0.25, 0.3) is 0 Å². The Morgan fingerprint density at radius 3 is 2.89 bits per heavy atom. The molecule has 0 aliphatic heterocycles. The molecule has 1 rings (SSSR count). The van der Waals surface area contributed by atoms with Gasteiger partial charge in [0.15, 0.2) is 0 Å². The number of nitrogens with two attached hydrogens (primary N) is 1. The Balaban J connectivity index is 2.40. The van der Waals surface area contributed by atoms with Gasteiger partial charge in [0.05, 0.1) is 11.0 Å². The lowest BCUT2D eigenvalue weighted by molar-refractivity contribution is -0.384. The van der Waals surface area contributed by atoms with Crippen LogP contribution in [0.15, 0.2) is 6.20 Å². The monoisotopic (exact) mass is 269 g/mol. The fraction of sp³-hybridized carbons (Fsp3) is 0.636. The topological polar surface area (TPSA) is 116 Å². The summed E-state index contributed by atoms with van der Waals surface area (Å²) in [5, 5.41) is 13.7. The predicted molar refractivity (Wildman–Crippen MR) is 71.9 cm³/mol. The smallest absolute Gasteiger partial charge is 0.329 e. The normalized spacial score (nSPS) is 10.7. The van der Waals surface area contributed by atoms with Crippen LogP contribution in [-0.2, 0) is 4.74 Å². The maximum atomic E-state index is 10.8. The predicted octanol–water partition coefficient (Wildman–Crippen LogP) is 1.58. The second kappa shape index (κ2) is 7.47. The van der Waals surface area contributed by atoms with Gasteiger partial charge in [-0.25, -0.2) is 4.98 Å². The molecule has 8 heteroatoms. The lowest BCUT2D eigenvalue weighted by atomic mass is 10.3. The summed E-state index contributed by atoms with van der Waals surface area (Å²) in [5.41, 5.74) is 5.23. The first-order chi connectivity index (χ1) is 9.00. The van der Waals surface area contributed by atoms with E-state index in [4.69, 9.17) is 10.5 Å². The van der Waals surface area contributed by atoms with Crippen molar-refractivity contribution in [2.24, 2.45) is 0 Å². The molecular weight excluding hydrogens is 250 g/mol. The van der Waals surface area contributed by atoms with Crippen LogP contribution in [0.3, 0.4) is 0 Å². The van der Waals surface area contributed by atoms with Gasteiger partial charge in [-0.3, -0.25) is 10.1 Å². The quantitative estimate of drug-likeness (QED) is 0.418. The number of nitrogens with zero attached hydrogens (tertiary/aromatic N) is 3. The molecule has 1 aromatic heterocycles. The molecule has 0 aliphatic rings.